The number of hydrogen-bond donors (Lipinski definition) is 1. The normalized spacial score (nSPS) is 16.4. The van der Waals surface area contributed by atoms with Gasteiger partial charge in [-0.3, -0.25) is 0 Å². The van der Waals surface area contributed by atoms with Gasteiger partial charge in [-0.1, -0.05) is 6.92 Å². The smallest absolute Gasteiger partial charge is 0.165 e. The molecule has 11 heavy (non-hydrogen) atoms. The highest BCUT2D eigenvalue weighted by atomic mass is 16.7. The van der Waals surface area contributed by atoms with Gasteiger partial charge < -0.3 is 15.2 Å². The van der Waals surface area contributed by atoms with Crippen LogP contribution in [-0.2, 0) is 9.47 Å². The third-order valence-electron chi connectivity index (χ3n) is 1.62. The molecule has 0 aliphatic carbocycles. The van der Waals surface area contributed by atoms with Crippen molar-refractivity contribution in [3.63, 3.8) is 0 Å². The van der Waals surface area contributed by atoms with Crippen LogP contribution in [0.25, 0.3) is 0 Å². The molecule has 68 valence electrons. The predicted molar refractivity (Wildman–Crippen MR) is 45.3 cm³/mol. The Bertz CT molecular complexity index is 98.1. The highest BCUT2D eigenvalue weighted by Gasteiger charge is 2.21. The lowest BCUT2D eigenvalue weighted by atomic mass is 10.2. The van der Waals surface area contributed by atoms with E-state index in [1.54, 1.807) is 0 Å². The van der Waals surface area contributed by atoms with Crippen molar-refractivity contribution in [2.45, 2.75) is 33.0 Å². The van der Waals surface area contributed by atoms with Crippen molar-refractivity contribution < 1.29 is 9.47 Å². The van der Waals surface area contributed by atoms with Gasteiger partial charge in [-0.05, 0) is 20.3 Å². The minimum Gasteiger partial charge on any atom is -0.351 e. The summed E-state index contributed by atoms with van der Waals surface area (Å²) >= 11 is 0. The van der Waals surface area contributed by atoms with Crippen LogP contribution in [0.15, 0.2) is 0 Å². The minimum atomic E-state index is -0.436. The van der Waals surface area contributed by atoms with Gasteiger partial charge in [0.1, 0.15) is 0 Å². The average molecular weight is 161 g/mol. The zero-order valence-corrected chi connectivity index (χ0v) is 7.72. The second-order valence-electron chi connectivity index (χ2n) is 2.56. The second-order valence-corrected chi connectivity index (χ2v) is 2.56. The van der Waals surface area contributed by atoms with Crippen molar-refractivity contribution in [3.8, 4) is 0 Å². The Morgan fingerprint density at radius 2 is 1.91 bits per heavy atom. The van der Waals surface area contributed by atoms with Crippen LogP contribution in [0.2, 0.25) is 0 Å². The zero-order chi connectivity index (χ0) is 8.74. The molecule has 0 aromatic rings. The van der Waals surface area contributed by atoms with Gasteiger partial charge in [0.2, 0.25) is 0 Å². The maximum Gasteiger partial charge on any atom is 0.165 e. The van der Waals surface area contributed by atoms with Gasteiger partial charge in [0, 0.05) is 13.2 Å². The first kappa shape index (κ1) is 10.9. The molecule has 2 N–H and O–H groups in total. The quantitative estimate of drug-likeness (QED) is 0.594. The summed E-state index contributed by atoms with van der Waals surface area (Å²) in [7, 11) is 0. The second kappa shape index (κ2) is 5.52. The standard InChI is InChI=1S/C8H19NO2/c1-4-8(3,10-5-2)11-7-6-9/h4-7,9H2,1-3H3. The van der Waals surface area contributed by atoms with Crippen LogP contribution < -0.4 is 5.73 Å². The summed E-state index contributed by atoms with van der Waals surface area (Å²) in [5.41, 5.74) is 5.31. The van der Waals surface area contributed by atoms with E-state index in [1.165, 1.54) is 0 Å². The Balaban J connectivity index is 3.68. The van der Waals surface area contributed by atoms with Crippen LogP contribution in [-0.4, -0.2) is 25.5 Å². The Morgan fingerprint density at radius 3 is 2.27 bits per heavy atom. The molecule has 0 rings (SSSR count). The maximum atomic E-state index is 5.42. The Labute approximate surface area is 68.9 Å². The summed E-state index contributed by atoms with van der Waals surface area (Å²) in [6, 6.07) is 0. The van der Waals surface area contributed by atoms with E-state index in [1.807, 2.05) is 20.8 Å². The molecule has 1 unspecified atom stereocenters. The van der Waals surface area contributed by atoms with Gasteiger partial charge >= 0.3 is 0 Å². The predicted octanol–water partition coefficient (Wildman–Crippen LogP) is 1.12. The first-order valence-electron chi connectivity index (χ1n) is 4.16. The molecular weight excluding hydrogens is 142 g/mol. The Hall–Kier alpha value is -0.120. The van der Waals surface area contributed by atoms with E-state index >= 15 is 0 Å². The number of nitrogens with two attached hydrogens (primary N) is 1. The van der Waals surface area contributed by atoms with Gasteiger partial charge in [0.25, 0.3) is 0 Å². The van der Waals surface area contributed by atoms with Crippen LogP contribution >= 0.6 is 0 Å². The fourth-order valence-corrected chi connectivity index (χ4v) is 0.826. The molecule has 0 aromatic carbocycles. The van der Waals surface area contributed by atoms with Gasteiger partial charge in [-0.15, -0.1) is 0 Å². The van der Waals surface area contributed by atoms with Crippen LogP contribution in [0, 0.1) is 0 Å². The van der Waals surface area contributed by atoms with E-state index in [4.69, 9.17) is 15.2 Å². The minimum absolute atomic E-state index is 0.436. The molecule has 0 heterocycles. The molecule has 0 saturated carbocycles. The summed E-state index contributed by atoms with van der Waals surface area (Å²) in [5, 5.41) is 0. The van der Waals surface area contributed by atoms with Crippen LogP contribution in [0.4, 0.5) is 0 Å². The fraction of sp³-hybridized carbons (Fsp3) is 1.00. The summed E-state index contributed by atoms with van der Waals surface area (Å²) in [6.45, 7) is 7.71. The molecule has 0 aliphatic heterocycles. The SMILES string of the molecule is CCOC(C)(CC)OCCN. The lowest BCUT2D eigenvalue weighted by Crippen LogP contribution is -2.33. The Morgan fingerprint density at radius 1 is 1.27 bits per heavy atom. The summed E-state index contributed by atoms with van der Waals surface area (Å²) in [6.07, 6.45) is 0.848. The molecule has 0 spiro atoms. The largest absolute Gasteiger partial charge is 0.351 e. The molecule has 0 amide bonds. The van der Waals surface area contributed by atoms with Crippen molar-refractivity contribution in [2.24, 2.45) is 5.73 Å². The lowest BCUT2D eigenvalue weighted by molar-refractivity contribution is -0.222. The van der Waals surface area contributed by atoms with Crippen molar-refractivity contribution in [3.05, 3.63) is 0 Å². The van der Waals surface area contributed by atoms with Crippen molar-refractivity contribution >= 4 is 0 Å². The number of hydrogen-bond acceptors (Lipinski definition) is 3. The summed E-state index contributed by atoms with van der Waals surface area (Å²) < 4.78 is 10.8. The highest BCUT2D eigenvalue weighted by molar-refractivity contribution is 4.59. The molecular formula is C8H19NO2. The Kier molecular flexibility index (Phi) is 5.46. The first-order chi connectivity index (χ1) is 5.18. The molecule has 0 saturated heterocycles. The molecule has 3 heteroatoms. The molecule has 0 aromatic heterocycles. The van der Waals surface area contributed by atoms with Crippen LogP contribution in [0.3, 0.4) is 0 Å². The summed E-state index contributed by atoms with van der Waals surface area (Å²) in [5.74, 6) is -0.436. The molecule has 0 bridgehead atoms. The zero-order valence-electron chi connectivity index (χ0n) is 7.72. The molecule has 3 nitrogen and oxygen atoms in total. The average Bonchev–Trinajstić information content (AvgIpc) is 2.02. The van der Waals surface area contributed by atoms with Crippen molar-refractivity contribution in [1.29, 1.82) is 0 Å². The van der Waals surface area contributed by atoms with E-state index in [-0.39, 0.29) is 0 Å². The summed E-state index contributed by atoms with van der Waals surface area (Å²) in [4.78, 5) is 0. The van der Waals surface area contributed by atoms with Crippen LogP contribution in [0.5, 0.6) is 0 Å². The van der Waals surface area contributed by atoms with Gasteiger partial charge in [0.05, 0.1) is 6.61 Å². The van der Waals surface area contributed by atoms with Gasteiger partial charge in [-0.25, -0.2) is 0 Å². The first-order valence-corrected chi connectivity index (χ1v) is 4.16. The van der Waals surface area contributed by atoms with Gasteiger partial charge in [-0.2, -0.15) is 0 Å². The molecule has 0 fully saturated rings. The highest BCUT2D eigenvalue weighted by Crippen LogP contribution is 2.15. The molecule has 0 radical (unpaired) electrons. The van der Waals surface area contributed by atoms with Gasteiger partial charge in [0.15, 0.2) is 5.79 Å². The monoisotopic (exact) mass is 161 g/mol. The van der Waals surface area contributed by atoms with E-state index in [2.05, 4.69) is 0 Å². The third-order valence-corrected chi connectivity index (χ3v) is 1.62. The number of rotatable bonds is 6. The molecule has 1 atom stereocenters. The number of ether oxygens (including phenoxy) is 2. The van der Waals surface area contributed by atoms with E-state index in [0.29, 0.717) is 19.8 Å². The van der Waals surface area contributed by atoms with E-state index in [0.717, 1.165) is 6.42 Å². The van der Waals surface area contributed by atoms with Crippen LogP contribution in [0.1, 0.15) is 27.2 Å². The third kappa shape index (κ3) is 4.35. The van der Waals surface area contributed by atoms with E-state index in [9.17, 15) is 0 Å². The fourth-order valence-electron chi connectivity index (χ4n) is 0.826. The van der Waals surface area contributed by atoms with E-state index < -0.39 is 5.79 Å². The maximum absolute atomic E-state index is 5.42. The van der Waals surface area contributed by atoms with Crippen molar-refractivity contribution in [2.75, 3.05) is 19.8 Å². The lowest BCUT2D eigenvalue weighted by Gasteiger charge is -2.27. The molecule has 0 aliphatic rings. The van der Waals surface area contributed by atoms with Crippen molar-refractivity contribution in [1.82, 2.24) is 0 Å². The topological polar surface area (TPSA) is 44.5 Å².